The van der Waals surface area contributed by atoms with Crippen LogP contribution in [0, 0.1) is 11.3 Å². The summed E-state index contributed by atoms with van der Waals surface area (Å²) in [5.41, 5.74) is 0.363. The van der Waals surface area contributed by atoms with Gasteiger partial charge in [-0.05, 0) is 37.0 Å². The van der Waals surface area contributed by atoms with Gasteiger partial charge in [0.25, 0.3) is 0 Å². The molecule has 1 atom stereocenters. The van der Waals surface area contributed by atoms with Crippen molar-refractivity contribution < 1.29 is 10.2 Å². The van der Waals surface area contributed by atoms with Gasteiger partial charge in [0.05, 0.1) is 6.10 Å². The minimum atomic E-state index is -0.178. The van der Waals surface area contributed by atoms with Crippen molar-refractivity contribution in [2.24, 2.45) is 11.3 Å². The quantitative estimate of drug-likeness (QED) is 0.606. The van der Waals surface area contributed by atoms with Gasteiger partial charge in [-0.25, -0.2) is 0 Å². The molecule has 0 saturated heterocycles. The zero-order chi connectivity index (χ0) is 12.1. The van der Waals surface area contributed by atoms with Crippen LogP contribution in [0.1, 0.15) is 51.4 Å². The molecule has 100 valence electrons. The summed E-state index contributed by atoms with van der Waals surface area (Å²) in [6.07, 6.45) is 9.51. The van der Waals surface area contributed by atoms with Crippen molar-refractivity contribution in [1.29, 1.82) is 0 Å². The predicted octanol–water partition coefficient (Wildman–Crippen LogP) is 1.68. The highest BCUT2D eigenvalue weighted by Crippen LogP contribution is 2.47. The molecule has 0 aliphatic heterocycles. The first-order chi connectivity index (χ1) is 8.24. The van der Waals surface area contributed by atoms with Crippen LogP contribution >= 0.6 is 0 Å². The van der Waals surface area contributed by atoms with Crippen LogP contribution in [-0.4, -0.2) is 36.0 Å². The standard InChI is InChI=1S/C14H27NO2/c16-8-7-14(5-6-14)11-15-10-13(17)9-12-3-1-2-4-12/h12-13,15-17H,1-11H2. The van der Waals surface area contributed by atoms with E-state index in [0.717, 1.165) is 31.8 Å². The highest BCUT2D eigenvalue weighted by molar-refractivity contribution is 4.94. The van der Waals surface area contributed by atoms with Crippen molar-refractivity contribution in [2.45, 2.75) is 57.5 Å². The van der Waals surface area contributed by atoms with Crippen molar-refractivity contribution in [3.63, 3.8) is 0 Å². The average Bonchev–Trinajstić information content (AvgIpc) is 2.86. The smallest absolute Gasteiger partial charge is 0.0667 e. The summed E-state index contributed by atoms with van der Waals surface area (Å²) in [5.74, 6) is 0.763. The number of aliphatic hydroxyl groups is 2. The van der Waals surface area contributed by atoms with E-state index in [1.165, 1.54) is 38.5 Å². The average molecular weight is 241 g/mol. The Morgan fingerprint density at radius 1 is 1.24 bits per heavy atom. The second-order valence-electron chi connectivity index (χ2n) is 6.14. The Labute approximate surface area is 105 Å². The third-order valence-corrected chi connectivity index (χ3v) is 4.56. The topological polar surface area (TPSA) is 52.5 Å². The minimum absolute atomic E-state index is 0.178. The van der Waals surface area contributed by atoms with Crippen LogP contribution in [0.15, 0.2) is 0 Å². The van der Waals surface area contributed by atoms with E-state index in [1.807, 2.05) is 0 Å². The summed E-state index contributed by atoms with van der Waals surface area (Å²) < 4.78 is 0. The molecule has 1 unspecified atom stereocenters. The lowest BCUT2D eigenvalue weighted by molar-refractivity contribution is 0.137. The first-order valence-corrected chi connectivity index (χ1v) is 7.24. The molecular formula is C14H27NO2. The number of rotatable bonds is 8. The maximum Gasteiger partial charge on any atom is 0.0667 e. The molecule has 3 N–H and O–H groups in total. The first-order valence-electron chi connectivity index (χ1n) is 7.24. The largest absolute Gasteiger partial charge is 0.396 e. The van der Waals surface area contributed by atoms with Crippen molar-refractivity contribution in [3.05, 3.63) is 0 Å². The number of hydrogen-bond acceptors (Lipinski definition) is 3. The Hall–Kier alpha value is -0.120. The lowest BCUT2D eigenvalue weighted by Gasteiger charge is -2.19. The zero-order valence-electron chi connectivity index (χ0n) is 10.8. The maximum absolute atomic E-state index is 9.94. The molecule has 3 nitrogen and oxygen atoms in total. The third kappa shape index (κ3) is 4.23. The van der Waals surface area contributed by atoms with E-state index in [4.69, 9.17) is 5.11 Å². The molecule has 0 amide bonds. The highest BCUT2D eigenvalue weighted by Gasteiger charge is 2.41. The molecule has 0 aromatic carbocycles. The van der Waals surface area contributed by atoms with Crippen LogP contribution in [0.4, 0.5) is 0 Å². The van der Waals surface area contributed by atoms with Gasteiger partial charge in [-0.1, -0.05) is 25.7 Å². The van der Waals surface area contributed by atoms with Gasteiger partial charge in [0.2, 0.25) is 0 Å². The summed E-state index contributed by atoms with van der Waals surface area (Å²) in [6, 6.07) is 0. The van der Waals surface area contributed by atoms with Crippen molar-refractivity contribution in [1.82, 2.24) is 5.32 Å². The normalized spacial score (nSPS) is 25.1. The molecule has 3 heteroatoms. The number of aliphatic hydroxyl groups excluding tert-OH is 2. The van der Waals surface area contributed by atoms with Crippen LogP contribution in [0.25, 0.3) is 0 Å². The minimum Gasteiger partial charge on any atom is -0.396 e. The second-order valence-corrected chi connectivity index (χ2v) is 6.14. The van der Waals surface area contributed by atoms with Crippen molar-refractivity contribution in [3.8, 4) is 0 Å². The summed E-state index contributed by atoms with van der Waals surface area (Å²) in [7, 11) is 0. The SMILES string of the molecule is OCCC1(CNCC(O)CC2CCCC2)CC1. The lowest BCUT2D eigenvalue weighted by Crippen LogP contribution is -2.33. The molecule has 0 aromatic heterocycles. The molecule has 2 aliphatic rings. The Balaban J connectivity index is 1.55. The van der Waals surface area contributed by atoms with Gasteiger partial charge in [0.1, 0.15) is 0 Å². The van der Waals surface area contributed by atoms with Crippen LogP contribution in [0.2, 0.25) is 0 Å². The summed E-state index contributed by atoms with van der Waals surface area (Å²) >= 11 is 0. The fourth-order valence-electron chi connectivity index (χ4n) is 3.15. The molecule has 2 aliphatic carbocycles. The van der Waals surface area contributed by atoms with Gasteiger partial charge in [0.15, 0.2) is 0 Å². The summed E-state index contributed by atoms with van der Waals surface area (Å²) in [4.78, 5) is 0. The van der Waals surface area contributed by atoms with E-state index >= 15 is 0 Å². The molecule has 0 radical (unpaired) electrons. The lowest BCUT2D eigenvalue weighted by atomic mass is 9.99. The Kier molecular flexibility index (Phi) is 4.83. The van der Waals surface area contributed by atoms with E-state index < -0.39 is 0 Å². The van der Waals surface area contributed by atoms with Gasteiger partial charge in [-0.2, -0.15) is 0 Å². The van der Waals surface area contributed by atoms with Gasteiger partial charge >= 0.3 is 0 Å². The molecule has 2 saturated carbocycles. The van der Waals surface area contributed by atoms with Gasteiger partial charge in [0, 0.05) is 19.7 Å². The van der Waals surface area contributed by atoms with E-state index in [9.17, 15) is 5.11 Å². The third-order valence-electron chi connectivity index (χ3n) is 4.56. The number of nitrogens with one attached hydrogen (secondary N) is 1. The van der Waals surface area contributed by atoms with Gasteiger partial charge < -0.3 is 15.5 Å². The van der Waals surface area contributed by atoms with Crippen molar-refractivity contribution >= 4 is 0 Å². The molecular weight excluding hydrogens is 214 g/mol. The van der Waals surface area contributed by atoms with Crippen LogP contribution in [0.5, 0.6) is 0 Å². The van der Waals surface area contributed by atoms with E-state index in [2.05, 4.69) is 5.32 Å². The highest BCUT2D eigenvalue weighted by atomic mass is 16.3. The molecule has 2 rings (SSSR count). The molecule has 0 aromatic rings. The fraction of sp³-hybridized carbons (Fsp3) is 1.00. The Morgan fingerprint density at radius 3 is 2.53 bits per heavy atom. The summed E-state index contributed by atoms with van der Waals surface area (Å²) in [6.45, 7) is 1.99. The van der Waals surface area contributed by atoms with E-state index in [1.54, 1.807) is 0 Å². The van der Waals surface area contributed by atoms with Gasteiger partial charge in [-0.15, -0.1) is 0 Å². The monoisotopic (exact) mass is 241 g/mol. The molecule has 0 bridgehead atoms. The number of hydrogen-bond donors (Lipinski definition) is 3. The predicted molar refractivity (Wildman–Crippen MR) is 68.8 cm³/mol. The van der Waals surface area contributed by atoms with Gasteiger partial charge in [-0.3, -0.25) is 0 Å². The van der Waals surface area contributed by atoms with E-state index in [-0.39, 0.29) is 6.10 Å². The molecule has 0 heterocycles. The zero-order valence-corrected chi connectivity index (χ0v) is 10.8. The summed E-state index contributed by atoms with van der Waals surface area (Å²) in [5, 5.41) is 22.3. The van der Waals surface area contributed by atoms with Crippen LogP contribution < -0.4 is 5.32 Å². The van der Waals surface area contributed by atoms with Crippen LogP contribution in [0.3, 0.4) is 0 Å². The second kappa shape index (κ2) is 6.17. The van der Waals surface area contributed by atoms with Crippen molar-refractivity contribution in [2.75, 3.05) is 19.7 Å². The first kappa shape index (κ1) is 13.3. The molecule has 17 heavy (non-hydrogen) atoms. The maximum atomic E-state index is 9.94. The van der Waals surface area contributed by atoms with Crippen LogP contribution in [-0.2, 0) is 0 Å². The Bertz CT molecular complexity index is 222. The fourth-order valence-corrected chi connectivity index (χ4v) is 3.15. The Morgan fingerprint density at radius 2 is 1.94 bits per heavy atom. The molecule has 0 spiro atoms. The molecule has 2 fully saturated rings. The van der Waals surface area contributed by atoms with E-state index in [0.29, 0.717) is 12.0 Å².